The third-order valence-corrected chi connectivity index (χ3v) is 2.69. The highest BCUT2D eigenvalue weighted by Crippen LogP contribution is 2.24. The van der Waals surface area contributed by atoms with Gasteiger partial charge in [-0.05, 0) is 19.3 Å². The van der Waals surface area contributed by atoms with Crippen LogP contribution in [-0.2, 0) is 11.3 Å². The molecule has 2 rings (SSSR count). The topological polar surface area (TPSA) is 61.0 Å². The van der Waals surface area contributed by atoms with E-state index in [1.54, 1.807) is 0 Å². The Bertz CT molecular complexity index is 259. The Morgan fingerprint density at radius 3 is 2.92 bits per heavy atom. The Balaban J connectivity index is 1.82. The SMILES string of the molecule is Nc1snnc1COC1CCC1. The lowest BCUT2D eigenvalue weighted by Gasteiger charge is -2.24. The van der Waals surface area contributed by atoms with Crippen molar-refractivity contribution in [2.45, 2.75) is 32.0 Å². The molecule has 12 heavy (non-hydrogen) atoms. The van der Waals surface area contributed by atoms with Crippen LogP contribution in [0.4, 0.5) is 5.00 Å². The monoisotopic (exact) mass is 185 g/mol. The van der Waals surface area contributed by atoms with Crippen molar-refractivity contribution >= 4 is 16.5 Å². The van der Waals surface area contributed by atoms with E-state index < -0.39 is 0 Å². The van der Waals surface area contributed by atoms with Crippen LogP contribution in [0.15, 0.2) is 0 Å². The van der Waals surface area contributed by atoms with Crippen LogP contribution in [0.25, 0.3) is 0 Å². The molecule has 0 unspecified atom stereocenters. The van der Waals surface area contributed by atoms with Gasteiger partial charge in [0.1, 0.15) is 10.7 Å². The van der Waals surface area contributed by atoms with Gasteiger partial charge in [-0.3, -0.25) is 0 Å². The van der Waals surface area contributed by atoms with Crippen molar-refractivity contribution in [3.05, 3.63) is 5.69 Å². The van der Waals surface area contributed by atoms with E-state index in [0.29, 0.717) is 17.7 Å². The number of nitrogens with two attached hydrogens (primary N) is 1. The van der Waals surface area contributed by atoms with Crippen LogP contribution in [0.5, 0.6) is 0 Å². The fourth-order valence-corrected chi connectivity index (χ4v) is 1.48. The molecule has 0 saturated heterocycles. The van der Waals surface area contributed by atoms with Gasteiger partial charge in [0, 0.05) is 11.5 Å². The summed E-state index contributed by atoms with van der Waals surface area (Å²) in [4.78, 5) is 0. The lowest BCUT2D eigenvalue weighted by molar-refractivity contribution is -0.00983. The predicted molar refractivity (Wildman–Crippen MR) is 46.7 cm³/mol. The third kappa shape index (κ3) is 1.56. The maximum absolute atomic E-state index is 5.60. The molecule has 1 aliphatic carbocycles. The van der Waals surface area contributed by atoms with Crippen molar-refractivity contribution in [3.8, 4) is 0 Å². The highest BCUT2D eigenvalue weighted by molar-refractivity contribution is 7.09. The Morgan fingerprint density at radius 2 is 2.42 bits per heavy atom. The van der Waals surface area contributed by atoms with Crippen LogP contribution < -0.4 is 5.73 Å². The molecule has 1 aromatic heterocycles. The van der Waals surface area contributed by atoms with E-state index in [-0.39, 0.29) is 0 Å². The van der Waals surface area contributed by atoms with Gasteiger partial charge >= 0.3 is 0 Å². The quantitative estimate of drug-likeness (QED) is 0.768. The van der Waals surface area contributed by atoms with Crippen LogP contribution in [0.1, 0.15) is 25.0 Å². The Morgan fingerprint density at radius 1 is 1.58 bits per heavy atom. The fourth-order valence-electron chi connectivity index (χ4n) is 1.05. The molecule has 1 aromatic rings. The minimum atomic E-state index is 0.436. The normalized spacial score (nSPS) is 17.7. The van der Waals surface area contributed by atoms with Crippen LogP contribution in [0.2, 0.25) is 0 Å². The molecule has 1 saturated carbocycles. The Kier molecular flexibility index (Phi) is 2.23. The summed E-state index contributed by atoms with van der Waals surface area (Å²) in [6.45, 7) is 0.521. The van der Waals surface area contributed by atoms with E-state index in [1.165, 1.54) is 30.8 Å². The number of nitrogen functional groups attached to an aromatic ring is 1. The third-order valence-electron chi connectivity index (χ3n) is 2.09. The standard InChI is InChI=1S/C7H11N3OS/c8-7-6(9-10-12-7)4-11-5-2-1-3-5/h5H,1-4,8H2. The molecule has 2 N–H and O–H groups in total. The second-order valence-corrected chi connectivity index (χ2v) is 3.73. The predicted octanol–water partition coefficient (Wildman–Crippen LogP) is 1.19. The highest BCUT2D eigenvalue weighted by Gasteiger charge is 2.18. The number of rotatable bonds is 3. The van der Waals surface area contributed by atoms with Gasteiger partial charge in [-0.2, -0.15) is 0 Å². The average Bonchev–Trinajstić information content (AvgIpc) is 2.33. The molecule has 0 radical (unpaired) electrons. The van der Waals surface area contributed by atoms with Crippen LogP contribution in [-0.4, -0.2) is 15.7 Å². The number of hydrogen-bond donors (Lipinski definition) is 1. The molecule has 1 heterocycles. The number of aromatic nitrogens is 2. The maximum atomic E-state index is 5.60. The summed E-state index contributed by atoms with van der Waals surface area (Å²) in [6.07, 6.45) is 4.08. The molecular weight excluding hydrogens is 174 g/mol. The zero-order valence-corrected chi connectivity index (χ0v) is 7.51. The molecule has 0 bridgehead atoms. The summed E-state index contributed by atoms with van der Waals surface area (Å²) >= 11 is 1.22. The maximum Gasteiger partial charge on any atom is 0.133 e. The summed E-state index contributed by atoms with van der Waals surface area (Å²) < 4.78 is 9.26. The molecule has 0 amide bonds. The number of anilines is 1. The molecule has 4 nitrogen and oxygen atoms in total. The van der Waals surface area contributed by atoms with Crippen molar-refractivity contribution in [1.82, 2.24) is 9.59 Å². The first kappa shape index (κ1) is 7.94. The zero-order valence-electron chi connectivity index (χ0n) is 6.69. The van der Waals surface area contributed by atoms with Gasteiger partial charge in [0.05, 0.1) is 12.7 Å². The zero-order chi connectivity index (χ0) is 8.39. The molecule has 0 spiro atoms. The molecule has 1 fully saturated rings. The minimum Gasteiger partial charge on any atom is -0.388 e. The lowest BCUT2D eigenvalue weighted by Crippen LogP contribution is -2.21. The van der Waals surface area contributed by atoms with Crippen molar-refractivity contribution in [3.63, 3.8) is 0 Å². The number of nitrogens with zero attached hydrogens (tertiary/aromatic N) is 2. The largest absolute Gasteiger partial charge is 0.388 e. The van der Waals surface area contributed by atoms with Crippen molar-refractivity contribution in [1.29, 1.82) is 0 Å². The smallest absolute Gasteiger partial charge is 0.133 e. The highest BCUT2D eigenvalue weighted by atomic mass is 32.1. The van der Waals surface area contributed by atoms with Crippen molar-refractivity contribution < 1.29 is 4.74 Å². The molecule has 0 atom stereocenters. The van der Waals surface area contributed by atoms with Crippen LogP contribution >= 0.6 is 11.5 Å². The number of ether oxygens (including phenoxy) is 1. The number of hydrogen-bond acceptors (Lipinski definition) is 5. The van der Waals surface area contributed by atoms with Gasteiger partial charge in [-0.25, -0.2) is 0 Å². The first-order valence-corrected chi connectivity index (χ1v) is 4.82. The second kappa shape index (κ2) is 3.37. The molecule has 5 heteroatoms. The van der Waals surface area contributed by atoms with Crippen LogP contribution in [0, 0.1) is 0 Å². The molecule has 0 aromatic carbocycles. The van der Waals surface area contributed by atoms with E-state index in [4.69, 9.17) is 10.5 Å². The van der Waals surface area contributed by atoms with Gasteiger partial charge in [-0.1, -0.05) is 4.49 Å². The van der Waals surface area contributed by atoms with E-state index in [9.17, 15) is 0 Å². The van der Waals surface area contributed by atoms with Gasteiger partial charge in [0.2, 0.25) is 0 Å². The molecule has 1 aliphatic rings. The van der Waals surface area contributed by atoms with Crippen LogP contribution in [0.3, 0.4) is 0 Å². The van der Waals surface area contributed by atoms with Gasteiger partial charge in [0.25, 0.3) is 0 Å². The fraction of sp³-hybridized carbons (Fsp3) is 0.714. The van der Waals surface area contributed by atoms with Gasteiger partial charge < -0.3 is 10.5 Å². The molecule has 0 aliphatic heterocycles. The summed E-state index contributed by atoms with van der Waals surface area (Å²) in [5.74, 6) is 0. The van der Waals surface area contributed by atoms with Gasteiger partial charge in [0.15, 0.2) is 0 Å². The van der Waals surface area contributed by atoms with E-state index in [0.717, 1.165) is 5.69 Å². The van der Waals surface area contributed by atoms with E-state index in [1.807, 2.05) is 0 Å². The van der Waals surface area contributed by atoms with Crippen molar-refractivity contribution in [2.24, 2.45) is 0 Å². The molecular formula is C7H11N3OS. The summed E-state index contributed by atoms with van der Waals surface area (Å²) in [6, 6.07) is 0. The average molecular weight is 185 g/mol. The van der Waals surface area contributed by atoms with E-state index >= 15 is 0 Å². The minimum absolute atomic E-state index is 0.436. The van der Waals surface area contributed by atoms with Crippen molar-refractivity contribution in [2.75, 3.05) is 5.73 Å². The van der Waals surface area contributed by atoms with E-state index in [2.05, 4.69) is 9.59 Å². The molecule has 66 valence electrons. The lowest BCUT2D eigenvalue weighted by atomic mass is 9.96. The second-order valence-electron chi connectivity index (χ2n) is 2.95. The van der Waals surface area contributed by atoms with Gasteiger partial charge in [-0.15, -0.1) is 5.10 Å². The Labute approximate surface area is 74.9 Å². The Hall–Kier alpha value is -0.680. The summed E-state index contributed by atoms with van der Waals surface area (Å²) in [5, 5.41) is 4.54. The summed E-state index contributed by atoms with van der Waals surface area (Å²) in [7, 11) is 0. The summed E-state index contributed by atoms with van der Waals surface area (Å²) in [5.41, 5.74) is 6.38. The first-order valence-electron chi connectivity index (χ1n) is 4.04. The first-order chi connectivity index (χ1) is 5.86.